The molecule has 0 radical (unpaired) electrons. The molecule has 5 aliphatic rings. The van der Waals surface area contributed by atoms with Crippen LogP contribution in [0.4, 0.5) is 87.8 Å². The molecule has 4 aromatic carbocycles. The van der Waals surface area contributed by atoms with Gasteiger partial charge in [-0.25, -0.2) is 92.8 Å². The predicted molar refractivity (Wildman–Crippen MR) is 228 cm³/mol. The molecule has 7 heterocycles. The SMILES string of the molecule is CN1CC2c3[nH]c(c(-c4c(F)c(F)c(F)c(F)c4F)c4nc(c(-c5c(F)c(F)c(F)c(F)c5F)c5ccc([nH]5)c(-c5c(F)c(F)c(F)c(F)c5F)c5nc(c3-c3c(F)c(F)c(F)c(F)c3F)C=C5)[C@@H]3CN(C)C[C@H]43)C2C1. The van der Waals surface area contributed by atoms with Crippen LogP contribution in [0.1, 0.15) is 57.8 Å². The number of aromatic amines is 2. The fourth-order valence-corrected chi connectivity index (χ4v) is 11.0. The normalized spacial score (nSPS) is 18.8. The average Bonchev–Trinajstić information content (AvgIpc) is 4.29. The van der Waals surface area contributed by atoms with Crippen LogP contribution in [0.3, 0.4) is 0 Å². The van der Waals surface area contributed by atoms with Gasteiger partial charge < -0.3 is 19.8 Å². The molecule has 8 bridgehead atoms. The number of nitrogens with one attached hydrogen (secondary N) is 2. The van der Waals surface area contributed by atoms with Crippen LogP contribution in [-0.4, -0.2) is 70.0 Å². The number of H-pyrrole nitrogens is 2. The molecular weight excluding hydrogens is 1060 g/mol. The summed E-state index contributed by atoms with van der Waals surface area (Å²) in [5, 5.41) is 0. The van der Waals surface area contributed by atoms with Crippen molar-refractivity contribution in [1.82, 2.24) is 29.7 Å². The monoisotopic (exact) mass is 1090 g/mol. The molecule has 2 N–H and O–H groups in total. The summed E-state index contributed by atoms with van der Waals surface area (Å²) >= 11 is 0. The third kappa shape index (κ3) is 6.96. The van der Waals surface area contributed by atoms with Crippen LogP contribution in [0.2, 0.25) is 0 Å². The summed E-state index contributed by atoms with van der Waals surface area (Å²) in [5.74, 6) is -57.6. The Bertz CT molecular complexity index is 3770. The zero-order valence-electron chi connectivity index (χ0n) is 37.8. The fourth-order valence-electron chi connectivity index (χ4n) is 11.0. The van der Waals surface area contributed by atoms with E-state index in [1.54, 1.807) is 0 Å². The highest BCUT2D eigenvalue weighted by atomic mass is 19.2. The van der Waals surface area contributed by atoms with Crippen LogP contribution >= 0.6 is 0 Å². The predicted octanol–water partition coefficient (Wildman–Crippen LogP) is 13.3. The Kier molecular flexibility index (Phi) is 11.7. The topological polar surface area (TPSA) is 63.8 Å². The van der Waals surface area contributed by atoms with Crippen molar-refractivity contribution < 1.29 is 87.8 Å². The Hall–Kier alpha value is -7.48. The van der Waals surface area contributed by atoms with Gasteiger partial charge >= 0.3 is 0 Å². The first-order chi connectivity index (χ1) is 35.9. The molecule has 5 aliphatic heterocycles. The molecule has 2 saturated heterocycles. The highest BCUT2D eigenvalue weighted by molar-refractivity contribution is 5.95. The van der Waals surface area contributed by atoms with E-state index in [1.807, 2.05) is 0 Å². The van der Waals surface area contributed by atoms with Crippen molar-refractivity contribution in [2.75, 3.05) is 40.3 Å². The quantitative estimate of drug-likeness (QED) is 0.105. The second-order valence-electron chi connectivity index (χ2n) is 18.5. The number of halogens is 20. The Labute approximate surface area is 411 Å². The molecule has 76 heavy (non-hydrogen) atoms. The molecule has 4 atom stereocenters. The van der Waals surface area contributed by atoms with Gasteiger partial charge in [0.2, 0.25) is 23.3 Å². The summed E-state index contributed by atoms with van der Waals surface area (Å²) in [6, 6.07) is 1.42. The number of fused-ring (bicyclic) bond motifs is 14. The summed E-state index contributed by atoms with van der Waals surface area (Å²) in [5.41, 5.74) is -18.2. The maximum absolute atomic E-state index is 16.7. The summed E-state index contributed by atoms with van der Waals surface area (Å²) in [6.45, 7) is -1.41. The van der Waals surface area contributed by atoms with Gasteiger partial charge in [0, 0.05) is 94.5 Å². The molecular formula is C50H24F20N6. The Morgan fingerprint density at radius 1 is 0.316 bits per heavy atom. The lowest BCUT2D eigenvalue weighted by Crippen LogP contribution is -2.17. The molecule has 0 saturated carbocycles. The molecule has 2 aromatic heterocycles. The Morgan fingerprint density at radius 3 is 0.987 bits per heavy atom. The number of benzene rings is 4. The molecule has 6 nitrogen and oxygen atoms in total. The fraction of sp³-hybridized carbons (Fsp3) is 0.200. The second kappa shape index (κ2) is 17.5. The second-order valence-corrected chi connectivity index (χ2v) is 18.5. The zero-order valence-corrected chi connectivity index (χ0v) is 37.8. The molecule has 26 heteroatoms. The Balaban J connectivity index is 1.47. The van der Waals surface area contributed by atoms with Crippen LogP contribution in [-0.2, 0) is 0 Å². The first kappa shape index (κ1) is 50.7. The molecule has 0 aliphatic carbocycles. The highest BCUT2D eigenvalue weighted by Gasteiger charge is 2.49. The smallest absolute Gasteiger partial charge is 0.200 e. The van der Waals surface area contributed by atoms with E-state index >= 15 is 70.2 Å². The van der Waals surface area contributed by atoms with Crippen molar-refractivity contribution >= 4 is 23.2 Å². The van der Waals surface area contributed by atoms with Gasteiger partial charge in [0.25, 0.3) is 0 Å². The Morgan fingerprint density at radius 2 is 0.592 bits per heavy atom. The van der Waals surface area contributed by atoms with Crippen molar-refractivity contribution in [3.8, 4) is 44.5 Å². The van der Waals surface area contributed by atoms with E-state index in [1.165, 1.54) is 23.9 Å². The van der Waals surface area contributed by atoms with Crippen molar-refractivity contribution in [3.63, 3.8) is 0 Å². The molecule has 0 spiro atoms. The van der Waals surface area contributed by atoms with Crippen molar-refractivity contribution in [1.29, 1.82) is 0 Å². The largest absolute Gasteiger partial charge is 0.361 e. The van der Waals surface area contributed by atoms with Crippen LogP contribution in [0, 0.1) is 116 Å². The van der Waals surface area contributed by atoms with E-state index < -0.39 is 230 Å². The van der Waals surface area contributed by atoms with Crippen LogP contribution in [0.15, 0.2) is 12.1 Å². The summed E-state index contributed by atoms with van der Waals surface area (Å²) < 4.78 is 313. The first-order valence-corrected chi connectivity index (χ1v) is 22.1. The van der Waals surface area contributed by atoms with Gasteiger partial charge in [0.05, 0.1) is 45.0 Å². The van der Waals surface area contributed by atoms with Crippen molar-refractivity contribution in [3.05, 3.63) is 163 Å². The standard InChI is InChI=1S/C50H24F20N6/c1-75-7-11-13(9-75)49-26(25-33(57)41(65)46(70)42(66)34(25)58)50-14-10-76(2)8-12(14)48(74-50)21(24-31(55)39(63)45(69)40(64)32(24)56)18-6-4-16(72-18)19(22-27(51)35(59)43(67)36(60)28(22)52)15-3-5-17(71-15)20(47(11)73-49)23-29(53)37(61)44(68)38(62)30(23)54/h3-6,11-14,71,74H,7-10H2,1-2H3/t11-,12?,13+,14?/m1/s1. The molecule has 11 rings (SSSR count). The first-order valence-electron chi connectivity index (χ1n) is 22.1. The van der Waals surface area contributed by atoms with Gasteiger partial charge in [0.1, 0.15) is 0 Å². The molecule has 2 fully saturated rings. The zero-order chi connectivity index (χ0) is 54.7. The van der Waals surface area contributed by atoms with Crippen LogP contribution < -0.4 is 0 Å². The average molecular weight is 1090 g/mol. The van der Waals surface area contributed by atoms with Crippen LogP contribution in [0.5, 0.6) is 0 Å². The van der Waals surface area contributed by atoms with Gasteiger partial charge in [-0.1, -0.05) is 0 Å². The van der Waals surface area contributed by atoms with E-state index in [9.17, 15) is 17.6 Å². The number of hydrogen-bond acceptors (Lipinski definition) is 4. The van der Waals surface area contributed by atoms with Crippen LogP contribution in [0.25, 0.3) is 67.7 Å². The van der Waals surface area contributed by atoms with Gasteiger partial charge in [0.15, 0.2) is 93.1 Å². The van der Waals surface area contributed by atoms with E-state index in [0.717, 1.165) is 6.07 Å². The maximum Gasteiger partial charge on any atom is 0.200 e. The van der Waals surface area contributed by atoms with Gasteiger partial charge in [-0.2, -0.15) is 0 Å². The number of hydrogen-bond donors (Lipinski definition) is 2. The lowest BCUT2D eigenvalue weighted by Gasteiger charge is -2.19. The summed E-state index contributed by atoms with van der Waals surface area (Å²) in [6.07, 6.45) is 1.37. The molecule has 2 unspecified atom stereocenters. The third-order valence-corrected chi connectivity index (χ3v) is 14.2. The summed E-state index contributed by atoms with van der Waals surface area (Å²) in [7, 11) is 2.77. The third-order valence-electron chi connectivity index (χ3n) is 14.2. The highest BCUT2D eigenvalue weighted by Crippen LogP contribution is 2.55. The van der Waals surface area contributed by atoms with Crippen molar-refractivity contribution in [2.24, 2.45) is 0 Å². The minimum atomic E-state index is -2.70. The number of likely N-dealkylation sites (N-methyl/N-ethyl adjacent to an activating group) is 2. The minimum Gasteiger partial charge on any atom is -0.361 e. The van der Waals surface area contributed by atoms with Crippen molar-refractivity contribution in [2.45, 2.75) is 23.7 Å². The number of rotatable bonds is 4. The van der Waals surface area contributed by atoms with Gasteiger partial charge in [-0.15, -0.1) is 0 Å². The lowest BCUT2D eigenvalue weighted by molar-refractivity contribution is 0.380. The minimum absolute atomic E-state index is 0.345. The molecule has 6 aromatic rings. The number of nitrogens with zero attached hydrogens (tertiary/aromatic N) is 4. The van der Waals surface area contributed by atoms with Gasteiger partial charge in [-0.3, -0.25) is 4.98 Å². The maximum atomic E-state index is 16.7. The van der Waals surface area contributed by atoms with E-state index in [4.69, 9.17) is 0 Å². The van der Waals surface area contributed by atoms with E-state index in [-0.39, 0.29) is 26.2 Å². The number of likely N-dealkylation sites (tertiary alicyclic amines) is 2. The number of aromatic nitrogens is 4. The molecule has 394 valence electrons. The molecule has 0 amide bonds. The lowest BCUT2D eigenvalue weighted by atomic mass is 9.83. The van der Waals surface area contributed by atoms with E-state index in [2.05, 4.69) is 19.9 Å². The van der Waals surface area contributed by atoms with E-state index in [0.29, 0.717) is 18.2 Å². The van der Waals surface area contributed by atoms with Gasteiger partial charge in [-0.05, 0) is 38.4 Å². The summed E-state index contributed by atoms with van der Waals surface area (Å²) in [4.78, 5) is 16.5.